The van der Waals surface area contributed by atoms with Crippen LogP contribution in [0.1, 0.15) is 28.7 Å². The lowest BCUT2D eigenvalue weighted by Crippen LogP contribution is -2.30. The molecule has 0 aliphatic carbocycles. The lowest BCUT2D eigenvalue weighted by molar-refractivity contribution is -0.123. The van der Waals surface area contributed by atoms with Gasteiger partial charge in [-0.3, -0.25) is 9.48 Å². The maximum Gasteiger partial charge on any atom is 0.338 e. The number of aryl methyl sites for hydroxylation is 2. The predicted molar refractivity (Wildman–Crippen MR) is 105 cm³/mol. The number of hydrogen-bond acceptors (Lipinski definition) is 7. The van der Waals surface area contributed by atoms with Crippen LogP contribution in [0.4, 0.5) is 5.69 Å². The van der Waals surface area contributed by atoms with Crippen LogP contribution in [-0.2, 0) is 26.6 Å². The predicted octanol–water partition coefficient (Wildman–Crippen LogP) is 1.14. The van der Waals surface area contributed by atoms with Crippen LogP contribution < -0.4 is 14.8 Å². The molecule has 2 aromatic rings. The van der Waals surface area contributed by atoms with Gasteiger partial charge in [0, 0.05) is 7.05 Å². The van der Waals surface area contributed by atoms with E-state index in [1.165, 1.54) is 33.2 Å². The van der Waals surface area contributed by atoms with Crippen molar-refractivity contribution in [3.05, 3.63) is 35.2 Å². The molecule has 0 aliphatic rings. The first-order valence-corrected chi connectivity index (χ1v) is 10.1. The SMILES string of the molecule is CNS(=O)(=O)c1cc(C(=O)OC(C)C(=O)Nc2c(C)nn(C)c2C)ccc1OC. The van der Waals surface area contributed by atoms with Gasteiger partial charge in [-0.05, 0) is 46.0 Å². The number of anilines is 1. The number of carbonyl (C=O) groups is 2. The zero-order chi connectivity index (χ0) is 21.9. The normalized spacial score (nSPS) is 12.3. The second-order valence-corrected chi connectivity index (χ2v) is 8.13. The zero-order valence-corrected chi connectivity index (χ0v) is 17.9. The van der Waals surface area contributed by atoms with E-state index in [0.29, 0.717) is 11.4 Å². The van der Waals surface area contributed by atoms with Crippen LogP contribution in [0.3, 0.4) is 0 Å². The average molecular weight is 424 g/mol. The number of benzene rings is 1. The Labute approximate surface area is 169 Å². The van der Waals surface area contributed by atoms with Gasteiger partial charge in [-0.1, -0.05) is 0 Å². The van der Waals surface area contributed by atoms with Crippen molar-refractivity contribution in [1.82, 2.24) is 14.5 Å². The molecule has 0 spiro atoms. The molecule has 0 saturated heterocycles. The number of aromatic nitrogens is 2. The van der Waals surface area contributed by atoms with Gasteiger partial charge < -0.3 is 14.8 Å². The lowest BCUT2D eigenvalue weighted by Gasteiger charge is -2.15. The van der Waals surface area contributed by atoms with Crippen molar-refractivity contribution in [2.45, 2.75) is 31.8 Å². The summed E-state index contributed by atoms with van der Waals surface area (Å²) < 4.78 is 38.3. The highest BCUT2D eigenvalue weighted by Gasteiger charge is 2.24. The topological polar surface area (TPSA) is 129 Å². The fourth-order valence-corrected chi connectivity index (χ4v) is 3.50. The van der Waals surface area contributed by atoms with Gasteiger partial charge in [-0.2, -0.15) is 5.10 Å². The quantitative estimate of drug-likeness (QED) is 0.638. The fourth-order valence-electron chi connectivity index (χ4n) is 2.59. The molecule has 2 N–H and O–H groups in total. The van der Waals surface area contributed by atoms with Crippen molar-refractivity contribution in [2.75, 3.05) is 19.5 Å². The number of carbonyl (C=O) groups excluding carboxylic acids is 2. The molecule has 0 aliphatic heterocycles. The first kappa shape index (κ1) is 22.4. The van der Waals surface area contributed by atoms with E-state index in [1.54, 1.807) is 25.6 Å². The smallest absolute Gasteiger partial charge is 0.338 e. The number of hydrogen-bond donors (Lipinski definition) is 2. The summed E-state index contributed by atoms with van der Waals surface area (Å²) in [6.45, 7) is 4.97. The van der Waals surface area contributed by atoms with E-state index in [4.69, 9.17) is 9.47 Å². The number of rotatable bonds is 7. The maximum atomic E-state index is 12.4. The average Bonchev–Trinajstić information content (AvgIpc) is 2.93. The maximum absolute atomic E-state index is 12.4. The highest BCUT2D eigenvalue weighted by molar-refractivity contribution is 7.89. The third kappa shape index (κ3) is 4.74. The number of amides is 1. The Kier molecular flexibility index (Phi) is 6.65. The summed E-state index contributed by atoms with van der Waals surface area (Å²) in [6, 6.07) is 3.83. The van der Waals surface area contributed by atoms with Crippen LogP contribution in [0.5, 0.6) is 5.75 Å². The summed E-state index contributed by atoms with van der Waals surface area (Å²) in [5.41, 5.74) is 1.90. The van der Waals surface area contributed by atoms with E-state index >= 15 is 0 Å². The summed E-state index contributed by atoms with van der Waals surface area (Å²) >= 11 is 0. The van der Waals surface area contributed by atoms with Crippen LogP contribution in [0, 0.1) is 13.8 Å². The molecule has 1 aromatic carbocycles. The molecule has 1 unspecified atom stereocenters. The summed E-state index contributed by atoms with van der Waals surface area (Å²) in [5.74, 6) is -1.30. The first-order valence-electron chi connectivity index (χ1n) is 8.65. The van der Waals surface area contributed by atoms with Crippen molar-refractivity contribution in [2.24, 2.45) is 7.05 Å². The largest absolute Gasteiger partial charge is 0.495 e. The molecule has 0 fully saturated rings. The molecule has 1 atom stereocenters. The van der Waals surface area contributed by atoms with E-state index in [0.717, 1.165) is 11.8 Å². The molecule has 10 nitrogen and oxygen atoms in total. The molecule has 0 bridgehead atoms. The zero-order valence-electron chi connectivity index (χ0n) is 17.1. The minimum absolute atomic E-state index is 0.0342. The summed E-state index contributed by atoms with van der Waals surface area (Å²) in [6.07, 6.45) is -1.12. The second kappa shape index (κ2) is 8.62. The van der Waals surface area contributed by atoms with Gasteiger partial charge in [-0.25, -0.2) is 17.9 Å². The van der Waals surface area contributed by atoms with E-state index in [1.807, 2.05) is 0 Å². The number of nitrogens with zero attached hydrogens (tertiary/aromatic N) is 2. The summed E-state index contributed by atoms with van der Waals surface area (Å²) in [5, 5.41) is 6.90. The first-order chi connectivity index (χ1) is 13.5. The molecule has 29 heavy (non-hydrogen) atoms. The summed E-state index contributed by atoms with van der Waals surface area (Å²) in [7, 11) is 0.452. The number of methoxy groups -OCH3 is 1. The van der Waals surface area contributed by atoms with Gasteiger partial charge in [-0.15, -0.1) is 0 Å². The molecule has 2 rings (SSSR count). The minimum Gasteiger partial charge on any atom is -0.495 e. The number of sulfonamides is 1. The van der Waals surface area contributed by atoms with Gasteiger partial charge in [0.1, 0.15) is 10.6 Å². The minimum atomic E-state index is -3.86. The lowest BCUT2D eigenvalue weighted by atomic mass is 10.2. The second-order valence-electron chi connectivity index (χ2n) is 6.28. The molecular formula is C18H24N4O6S. The van der Waals surface area contributed by atoms with Crippen LogP contribution >= 0.6 is 0 Å². The van der Waals surface area contributed by atoms with Crippen molar-refractivity contribution in [1.29, 1.82) is 0 Å². The molecular weight excluding hydrogens is 400 g/mol. The van der Waals surface area contributed by atoms with Gasteiger partial charge in [0.25, 0.3) is 5.91 Å². The highest BCUT2D eigenvalue weighted by atomic mass is 32.2. The van der Waals surface area contributed by atoms with Gasteiger partial charge in [0.05, 0.1) is 29.7 Å². The van der Waals surface area contributed by atoms with Crippen LogP contribution in [0.15, 0.2) is 23.1 Å². The van der Waals surface area contributed by atoms with Crippen molar-refractivity contribution in [3.63, 3.8) is 0 Å². The Morgan fingerprint density at radius 1 is 1.24 bits per heavy atom. The van der Waals surface area contributed by atoms with Crippen molar-refractivity contribution < 1.29 is 27.5 Å². The highest BCUT2D eigenvalue weighted by Crippen LogP contribution is 2.25. The van der Waals surface area contributed by atoms with Gasteiger partial charge in [0.2, 0.25) is 10.0 Å². The third-order valence-electron chi connectivity index (χ3n) is 4.37. The number of nitrogens with one attached hydrogen (secondary N) is 2. The molecule has 1 aromatic heterocycles. The van der Waals surface area contributed by atoms with Crippen LogP contribution in [0.2, 0.25) is 0 Å². The molecule has 11 heteroatoms. The fraction of sp³-hybridized carbons (Fsp3) is 0.389. The van der Waals surface area contributed by atoms with Crippen molar-refractivity contribution >= 4 is 27.6 Å². The Balaban J connectivity index is 2.19. The van der Waals surface area contributed by atoms with E-state index in [2.05, 4.69) is 15.1 Å². The Hall–Kier alpha value is -2.92. The van der Waals surface area contributed by atoms with E-state index in [9.17, 15) is 18.0 Å². The van der Waals surface area contributed by atoms with Crippen LogP contribution in [-0.4, -0.2) is 50.3 Å². The third-order valence-corrected chi connectivity index (χ3v) is 5.80. The summed E-state index contributed by atoms with van der Waals surface area (Å²) in [4.78, 5) is 24.6. The van der Waals surface area contributed by atoms with Gasteiger partial charge in [0.15, 0.2) is 6.10 Å². The Bertz CT molecular complexity index is 1040. The monoisotopic (exact) mass is 424 g/mol. The Morgan fingerprint density at radius 3 is 2.41 bits per heavy atom. The number of esters is 1. The Morgan fingerprint density at radius 2 is 1.90 bits per heavy atom. The van der Waals surface area contributed by atoms with Crippen molar-refractivity contribution in [3.8, 4) is 5.75 Å². The standard InChI is InChI=1S/C18H24N4O6S/c1-10-16(11(2)22(5)21-10)20-17(23)12(3)28-18(24)13-7-8-14(27-6)15(9-13)29(25,26)19-4/h7-9,12,19H,1-6H3,(H,20,23). The molecule has 1 heterocycles. The molecule has 1 amide bonds. The van der Waals surface area contributed by atoms with E-state index < -0.39 is 28.0 Å². The van der Waals surface area contributed by atoms with Crippen LogP contribution in [0.25, 0.3) is 0 Å². The molecule has 0 radical (unpaired) electrons. The number of ether oxygens (including phenoxy) is 2. The van der Waals surface area contributed by atoms with Gasteiger partial charge >= 0.3 is 5.97 Å². The molecule has 0 saturated carbocycles. The molecule has 158 valence electrons. The van der Waals surface area contributed by atoms with E-state index in [-0.39, 0.29) is 16.2 Å².